The maximum absolute atomic E-state index is 12.7. The van der Waals surface area contributed by atoms with Gasteiger partial charge in [-0.2, -0.15) is 4.31 Å². The molecule has 2 aliphatic rings. The third-order valence-electron chi connectivity index (χ3n) is 5.33. The molecule has 26 heavy (non-hydrogen) atoms. The lowest BCUT2D eigenvalue weighted by atomic mass is 10.0. The van der Waals surface area contributed by atoms with E-state index in [1.807, 2.05) is 0 Å². The molecule has 0 saturated carbocycles. The third-order valence-corrected chi connectivity index (χ3v) is 7.28. The molecule has 0 spiro atoms. The Balaban J connectivity index is 1.85. The molecule has 0 amide bonds. The van der Waals surface area contributed by atoms with Crippen molar-refractivity contribution in [2.45, 2.75) is 70.7 Å². The predicted molar refractivity (Wildman–Crippen MR) is 103 cm³/mol. The Morgan fingerprint density at radius 2 is 1.96 bits per heavy atom. The second-order valence-corrected chi connectivity index (χ2v) is 9.64. The van der Waals surface area contributed by atoms with Crippen molar-refractivity contribution < 1.29 is 17.9 Å². The molecule has 2 rings (SSSR count). The highest BCUT2D eigenvalue weighted by Gasteiger charge is 2.32. The number of ether oxygens (including phenoxy) is 2. The Hall–Kier alpha value is -0.250. The van der Waals surface area contributed by atoms with E-state index >= 15 is 0 Å². The van der Waals surface area contributed by atoms with Crippen LogP contribution in [0.25, 0.3) is 0 Å². The first kappa shape index (κ1) is 22.0. The van der Waals surface area contributed by atoms with E-state index in [1.54, 1.807) is 4.31 Å². The number of likely N-dealkylation sites (tertiary alicyclic amines) is 1. The molecule has 0 aromatic heterocycles. The minimum Gasteiger partial charge on any atom is -0.353 e. The quantitative estimate of drug-likeness (QED) is 0.567. The standard InChI is InChI=1S/C18H37N3O4S/c1-16(2)20-11-7-17(8-12-20)21(26(22,23)15-9-19)10-5-14-25-18-6-3-4-13-24-18/h16-18H,3-15,19H2,1-2H3. The van der Waals surface area contributed by atoms with Gasteiger partial charge in [-0.1, -0.05) is 0 Å². The second kappa shape index (κ2) is 10.9. The van der Waals surface area contributed by atoms with Crippen molar-refractivity contribution in [3.63, 3.8) is 0 Å². The zero-order valence-corrected chi connectivity index (χ0v) is 17.3. The van der Waals surface area contributed by atoms with Crippen molar-refractivity contribution in [2.75, 3.05) is 45.1 Å². The Morgan fingerprint density at radius 3 is 2.54 bits per heavy atom. The van der Waals surface area contributed by atoms with Gasteiger partial charge in [-0.25, -0.2) is 8.42 Å². The van der Waals surface area contributed by atoms with Crippen LogP contribution in [0.1, 0.15) is 52.4 Å². The van der Waals surface area contributed by atoms with Crippen molar-refractivity contribution in [1.82, 2.24) is 9.21 Å². The van der Waals surface area contributed by atoms with Gasteiger partial charge >= 0.3 is 0 Å². The molecule has 0 bridgehead atoms. The summed E-state index contributed by atoms with van der Waals surface area (Å²) in [4.78, 5) is 2.41. The number of sulfonamides is 1. The van der Waals surface area contributed by atoms with Crippen LogP contribution in [-0.2, 0) is 19.5 Å². The molecule has 154 valence electrons. The van der Waals surface area contributed by atoms with E-state index in [9.17, 15) is 8.42 Å². The number of hydrogen-bond acceptors (Lipinski definition) is 6. The van der Waals surface area contributed by atoms with Crippen molar-refractivity contribution >= 4 is 10.0 Å². The lowest BCUT2D eigenvalue weighted by Gasteiger charge is -2.39. The molecule has 7 nitrogen and oxygen atoms in total. The number of rotatable bonds is 10. The van der Waals surface area contributed by atoms with Gasteiger partial charge in [0.15, 0.2) is 6.29 Å². The average molecular weight is 392 g/mol. The Labute approximate surface area is 159 Å². The molecule has 0 aromatic rings. The van der Waals surface area contributed by atoms with Gasteiger partial charge in [0.1, 0.15) is 0 Å². The molecule has 2 N–H and O–H groups in total. The number of hydrogen-bond donors (Lipinski definition) is 1. The molecule has 2 fully saturated rings. The average Bonchev–Trinajstić information content (AvgIpc) is 2.62. The van der Waals surface area contributed by atoms with E-state index in [0.717, 1.165) is 51.8 Å². The van der Waals surface area contributed by atoms with Gasteiger partial charge in [0.25, 0.3) is 0 Å². The van der Waals surface area contributed by atoms with Gasteiger partial charge in [0.05, 0.1) is 12.4 Å². The lowest BCUT2D eigenvalue weighted by Crippen LogP contribution is -2.50. The largest absolute Gasteiger partial charge is 0.353 e. The highest BCUT2D eigenvalue weighted by Crippen LogP contribution is 2.22. The fourth-order valence-corrected chi connectivity index (χ4v) is 5.39. The van der Waals surface area contributed by atoms with E-state index in [2.05, 4.69) is 18.7 Å². The van der Waals surface area contributed by atoms with Crippen LogP contribution in [0.5, 0.6) is 0 Å². The molecule has 1 atom stereocenters. The minimum absolute atomic E-state index is 0.0178. The normalized spacial score (nSPS) is 23.8. The summed E-state index contributed by atoms with van der Waals surface area (Å²) in [5, 5.41) is 0. The fraction of sp³-hybridized carbons (Fsp3) is 1.00. The van der Waals surface area contributed by atoms with Gasteiger partial charge < -0.3 is 20.1 Å². The predicted octanol–water partition coefficient (Wildman–Crippen LogP) is 1.38. The second-order valence-electron chi connectivity index (χ2n) is 7.60. The molecule has 1 unspecified atom stereocenters. The monoisotopic (exact) mass is 391 g/mol. The SMILES string of the molecule is CC(C)N1CCC(N(CCCOC2CCCCO2)S(=O)(=O)CCN)CC1. The number of nitrogens with zero attached hydrogens (tertiary/aromatic N) is 2. The molecule has 8 heteroatoms. The molecule has 2 aliphatic heterocycles. The van der Waals surface area contributed by atoms with Crippen LogP contribution < -0.4 is 5.73 Å². The molecular weight excluding hydrogens is 354 g/mol. The molecule has 2 saturated heterocycles. The first-order valence-corrected chi connectivity index (χ1v) is 11.7. The van der Waals surface area contributed by atoms with Crippen LogP contribution in [0.3, 0.4) is 0 Å². The summed E-state index contributed by atoms with van der Waals surface area (Å²) in [5.74, 6) is 0.0178. The van der Waals surface area contributed by atoms with E-state index in [0.29, 0.717) is 25.6 Å². The maximum atomic E-state index is 12.7. The van der Waals surface area contributed by atoms with Crippen LogP contribution in [0.4, 0.5) is 0 Å². The van der Waals surface area contributed by atoms with Crippen molar-refractivity contribution in [3.8, 4) is 0 Å². The third kappa shape index (κ3) is 6.73. The summed E-state index contributed by atoms with van der Waals surface area (Å²) in [5.41, 5.74) is 5.54. The first-order chi connectivity index (χ1) is 12.4. The van der Waals surface area contributed by atoms with Crippen LogP contribution in [0.15, 0.2) is 0 Å². The first-order valence-electron chi connectivity index (χ1n) is 10.1. The highest BCUT2D eigenvalue weighted by molar-refractivity contribution is 7.89. The van der Waals surface area contributed by atoms with Crippen LogP contribution in [-0.4, -0.2) is 81.1 Å². The van der Waals surface area contributed by atoms with Gasteiger partial charge in [-0.05, 0) is 65.5 Å². The van der Waals surface area contributed by atoms with Crippen LogP contribution >= 0.6 is 0 Å². The maximum Gasteiger partial charge on any atom is 0.215 e. The van der Waals surface area contributed by atoms with Crippen LogP contribution in [0.2, 0.25) is 0 Å². The topological polar surface area (TPSA) is 85.1 Å². The summed E-state index contributed by atoms with van der Waals surface area (Å²) in [6.45, 7) is 8.23. The highest BCUT2D eigenvalue weighted by atomic mass is 32.2. The summed E-state index contributed by atoms with van der Waals surface area (Å²) >= 11 is 0. The zero-order chi connectivity index (χ0) is 19.0. The van der Waals surface area contributed by atoms with Gasteiger partial charge in [0.2, 0.25) is 10.0 Å². The minimum atomic E-state index is -3.31. The Bertz CT molecular complexity index is 487. The van der Waals surface area contributed by atoms with Crippen molar-refractivity contribution in [2.24, 2.45) is 5.73 Å². The molecule has 0 aliphatic carbocycles. The zero-order valence-electron chi connectivity index (χ0n) is 16.4. The smallest absolute Gasteiger partial charge is 0.215 e. The molecule has 2 heterocycles. The van der Waals surface area contributed by atoms with Gasteiger partial charge in [0, 0.05) is 31.8 Å². The summed E-state index contributed by atoms with van der Waals surface area (Å²) in [6, 6.07) is 0.585. The van der Waals surface area contributed by atoms with E-state index in [1.165, 1.54) is 0 Å². The molecule has 0 radical (unpaired) electrons. The fourth-order valence-electron chi connectivity index (χ4n) is 3.78. The van der Waals surface area contributed by atoms with Crippen molar-refractivity contribution in [3.05, 3.63) is 0 Å². The number of piperidine rings is 1. The summed E-state index contributed by atoms with van der Waals surface area (Å²) < 4.78 is 38.4. The molecular formula is C18H37N3O4S. The summed E-state index contributed by atoms with van der Waals surface area (Å²) in [6.07, 6.45) is 5.50. The van der Waals surface area contributed by atoms with Crippen LogP contribution in [0, 0.1) is 0 Å². The van der Waals surface area contributed by atoms with E-state index < -0.39 is 10.0 Å². The molecule has 0 aromatic carbocycles. The van der Waals surface area contributed by atoms with Gasteiger partial charge in [-0.15, -0.1) is 0 Å². The Kier molecular flexibility index (Phi) is 9.26. The Morgan fingerprint density at radius 1 is 1.23 bits per heavy atom. The lowest BCUT2D eigenvalue weighted by molar-refractivity contribution is -0.162. The summed E-state index contributed by atoms with van der Waals surface area (Å²) in [7, 11) is -3.31. The van der Waals surface area contributed by atoms with E-state index in [4.69, 9.17) is 15.2 Å². The number of nitrogens with two attached hydrogens (primary N) is 1. The van der Waals surface area contributed by atoms with E-state index in [-0.39, 0.29) is 24.6 Å². The van der Waals surface area contributed by atoms with Gasteiger partial charge in [-0.3, -0.25) is 0 Å². The van der Waals surface area contributed by atoms with Crippen molar-refractivity contribution in [1.29, 1.82) is 0 Å².